The smallest absolute Gasteiger partial charge is 0.246 e. The molecule has 37 heavy (non-hydrogen) atoms. The van der Waals surface area contributed by atoms with Crippen molar-refractivity contribution in [1.29, 1.82) is 0 Å². The van der Waals surface area contributed by atoms with Crippen molar-refractivity contribution in [1.82, 2.24) is 14.8 Å². The van der Waals surface area contributed by atoms with E-state index in [1.54, 1.807) is 4.90 Å². The number of carbonyl (C=O) groups excluding carboxylic acids is 2. The van der Waals surface area contributed by atoms with Crippen LogP contribution in [0.15, 0.2) is 91.0 Å². The first-order valence-electron chi connectivity index (χ1n) is 12.5. The van der Waals surface area contributed by atoms with E-state index in [9.17, 15) is 9.59 Å². The van der Waals surface area contributed by atoms with E-state index >= 15 is 0 Å². The Morgan fingerprint density at radius 1 is 0.838 bits per heavy atom. The molecule has 1 saturated heterocycles. The number of H-pyrrole nitrogens is 1. The van der Waals surface area contributed by atoms with Crippen LogP contribution in [0.1, 0.15) is 28.4 Å². The van der Waals surface area contributed by atoms with E-state index in [1.807, 2.05) is 59.5 Å². The van der Waals surface area contributed by atoms with Crippen LogP contribution in [0.4, 0.5) is 0 Å². The summed E-state index contributed by atoms with van der Waals surface area (Å²) < 4.78 is 0. The van der Waals surface area contributed by atoms with Crippen LogP contribution in [0.3, 0.4) is 0 Å². The summed E-state index contributed by atoms with van der Waals surface area (Å²) >= 11 is 6.05. The number of piperazine rings is 1. The molecule has 182 valence electrons. The molecule has 5 aromatic rings. The van der Waals surface area contributed by atoms with Gasteiger partial charge in [-0.3, -0.25) is 9.59 Å². The lowest BCUT2D eigenvalue weighted by molar-refractivity contribution is -0.159. The molecule has 0 saturated carbocycles. The molecule has 0 bridgehead atoms. The molecule has 0 aliphatic carbocycles. The summed E-state index contributed by atoms with van der Waals surface area (Å²) in [6, 6.07) is 29.1. The summed E-state index contributed by atoms with van der Waals surface area (Å²) in [6.45, 7) is 0.431. The molecule has 2 aliphatic rings. The Balaban J connectivity index is 1.38. The number of benzene rings is 4. The second-order valence-corrected chi connectivity index (χ2v) is 10.3. The molecule has 1 aromatic heterocycles. The standard InChI is InChI=1S/C31H24ClN3O2/c32-21-14-12-19(13-15-21)17-34-18-28(36)35-27(31(34)37)16-25-23-9-3-4-11-26(23)33-29(25)30(35)24-10-5-7-20-6-1-2-8-22(20)24/h1-15,27,30,33H,16-18H2/t27-,30-/m0/s1. The fraction of sp³-hybridized carbons (Fsp3) is 0.161. The van der Waals surface area contributed by atoms with E-state index < -0.39 is 6.04 Å². The van der Waals surface area contributed by atoms with Gasteiger partial charge >= 0.3 is 0 Å². The zero-order chi connectivity index (χ0) is 25.1. The molecule has 5 nitrogen and oxygen atoms in total. The summed E-state index contributed by atoms with van der Waals surface area (Å²) in [7, 11) is 0. The predicted octanol–water partition coefficient (Wildman–Crippen LogP) is 5.86. The number of rotatable bonds is 3. The van der Waals surface area contributed by atoms with Crippen LogP contribution in [-0.4, -0.2) is 39.2 Å². The Hall–Kier alpha value is -4.09. The number of para-hydroxylation sites is 1. The third kappa shape index (κ3) is 3.53. The maximum atomic E-state index is 14.0. The second-order valence-electron chi connectivity index (χ2n) is 9.88. The fourth-order valence-corrected chi connectivity index (χ4v) is 6.21. The number of fused-ring (bicyclic) bond motifs is 5. The Bertz CT molecular complexity index is 1690. The Morgan fingerprint density at radius 3 is 2.41 bits per heavy atom. The lowest BCUT2D eigenvalue weighted by Gasteiger charge is -2.47. The normalized spacial score (nSPS) is 19.4. The van der Waals surface area contributed by atoms with Crippen molar-refractivity contribution in [3.05, 3.63) is 118 Å². The third-order valence-corrected chi connectivity index (χ3v) is 8.00. The van der Waals surface area contributed by atoms with Gasteiger partial charge in [0, 0.05) is 34.6 Å². The molecule has 1 N–H and O–H groups in total. The van der Waals surface area contributed by atoms with Crippen LogP contribution in [-0.2, 0) is 22.6 Å². The molecular weight excluding hydrogens is 482 g/mol. The Labute approximate surface area is 219 Å². The molecule has 1 fully saturated rings. The SMILES string of the molecule is O=C1[C@@H]2Cc3c([nH]c4ccccc34)[C@H](c3cccc4ccccc34)N2C(=O)CN1Cc1ccc(Cl)cc1. The molecule has 2 aliphatic heterocycles. The van der Waals surface area contributed by atoms with Crippen molar-refractivity contribution in [2.45, 2.75) is 25.0 Å². The molecule has 7 rings (SSSR count). The molecule has 0 radical (unpaired) electrons. The number of aromatic nitrogens is 1. The van der Waals surface area contributed by atoms with E-state index in [0.29, 0.717) is 18.0 Å². The van der Waals surface area contributed by atoms with E-state index in [0.717, 1.165) is 44.1 Å². The Morgan fingerprint density at radius 2 is 1.57 bits per heavy atom. The van der Waals surface area contributed by atoms with E-state index in [2.05, 4.69) is 41.4 Å². The minimum Gasteiger partial charge on any atom is -0.356 e. The average molecular weight is 506 g/mol. The van der Waals surface area contributed by atoms with Gasteiger partial charge in [0.2, 0.25) is 11.8 Å². The van der Waals surface area contributed by atoms with E-state index in [1.165, 1.54) is 0 Å². The molecule has 0 unspecified atom stereocenters. The highest BCUT2D eigenvalue weighted by Crippen LogP contribution is 2.44. The largest absolute Gasteiger partial charge is 0.356 e. The molecule has 6 heteroatoms. The van der Waals surface area contributed by atoms with Crippen LogP contribution in [0.25, 0.3) is 21.7 Å². The van der Waals surface area contributed by atoms with Crippen LogP contribution in [0.5, 0.6) is 0 Å². The minimum atomic E-state index is -0.566. The fourth-order valence-electron chi connectivity index (χ4n) is 6.08. The number of carbonyl (C=O) groups is 2. The number of aromatic amines is 1. The molecule has 3 heterocycles. The van der Waals surface area contributed by atoms with Crippen molar-refractivity contribution in [2.75, 3.05) is 6.54 Å². The number of nitrogens with zero attached hydrogens (tertiary/aromatic N) is 2. The van der Waals surface area contributed by atoms with E-state index in [-0.39, 0.29) is 24.4 Å². The summed E-state index contributed by atoms with van der Waals surface area (Å²) in [5.74, 6) is -0.0588. The zero-order valence-corrected chi connectivity index (χ0v) is 20.8. The van der Waals surface area contributed by atoms with Crippen LogP contribution in [0.2, 0.25) is 5.02 Å². The minimum absolute atomic E-state index is 0.0179. The number of hydrogen-bond donors (Lipinski definition) is 1. The van der Waals surface area contributed by atoms with Gasteiger partial charge in [-0.2, -0.15) is 0 Å². The maximum Gasteiger partial charge on any atom is 0.246 e. The highest BCUT2D eigenvalue weighted by atomic mass is 35.5. The van der Waals surface area contributed by atoms with Gasteiger partial charge in [-0.15, -0.1) is 0 Å². The van der Waals surface area contributed by atoms with Crippen LogP contribution >= 0.6 is 11.6 Å². The molecule has 0 spiro atoms. The van der Waals surface area contributed by atoms with Gasteiger partial charge in [-0.1, -0.05) is 84.4 Å². The summed E-state index contributed by atoms with van der Waals surface area (Å²) in [4.78, 5) is 35.0. The van der Waals surface area contributed by atoms with Crippen molar-refractivity contribution >= 4 is 45.1 Å². The molecule has 2 amide bonds. The first kappa shape index (κ1) is 22.1. The van der Waals surface area contributed by atoms with Gasteiger partial charge in [0.25, 0.3) is 0 Å². The van der Waals surface area contributed by atoms with Gasteiger partial charge < -0.3 is 14.8 Å². The van der Waals surface area contributed by atoms with Gasteiger partial charge in [0.15, 0.2) is 0 Å². The number of halogens is 1. The maximum absolute atomic E-state index is 14.0. The van der Waals surface area contributed by atoms with Crippen LogP contribution in [0, 0.1) is 0 Å². The Kier molecular flexibility index (Phi) is 5.08. The first-order valence-corrected chi connectivity index (χ1v) is 12.9. The number of amides is 2. The van der Waals surface area contributed by atoms with Crippen molar-refractivity contribution in [2.24, 2.45) is 0 Å². The first-order chi connectivity index (χ1) is 18.1. The van der Waals surface area contributed by atoms with Crippen molar-refractivity contribution in [3.63, 3.8) is 0 Å². The second kappa shape index (κ2) is 8.49. The highest BCUT2D eigenvalue weighted by molar-refractivity contribution is 6.30. The third-order valence-electron chi connectivity index (χ3n) is 7.75. The molecule has 4 aromatic carbocycles. The summed E-state index contributed by atoms with van der Waals surface area (Å²) in [5, 5.41) is 3.95. The lowest BCUT2D eigenvalue weighted by Crippen LogP contribution is -2.62. The number of hydrogen-bond acceptors (Lipinski definition) is 2. The van der Waals surface area contributed by atoms with Gasteiger partial charge in [0.1, 0.15) is 12.6 Å². The quantitative estimate of drug-likeness (QED) is 0.334. The number of nitrogens with one attached hydrogen (secondary N) is 1. The molecular formula is C31H24ClN3O2. The summed E-state index contributed by atoms with van der Waals surface area (Å²) in [5.41, 5.74) is 5.12. The van der Waals surface area contributed by atoms with E-state index in [4.69, 9.17) is 11.6 Å². The molecule has 2 atom stereocenters. The monoisotopic (exact) mass is 505 g/mol. The van der Waals surface area contributed by atoms with Gasteiger partial charge in [0.05, 0.1) is 6.04 Å². The van der Waals surface area contributed by atoms with Crippen molar-refractivity contribution < 1.29 is 9.59 Å². The highest BCUT2D eigenvalue weighted by Gasteiger charge is 2.48. The van der Waals surface area contributed by atoms with Gasteiger partial charge in [-0.05, 0) is 45.7 Å². The topological polar surface area (TPSA) is 56.4 Å². The lowest BCUT2D eigenvalue weighted by atomic mass is 9.84. The summed E-state index contributed by atoms with van der Waals surface area (Å²) in [6.07, 6.45) is 0.488. The predicted molar refractivity (Wildman–Crippen MR) is 145 cm³/mol. The van der Waals surface area contributed by atoms with Gasteiger partial charge in [-0.25, -0.2) is 0 Å². The zero-order valence-electron chi connectivity index (χ0n) is 20.0. The average Bonchev–Trinajstić information content (AvgIpc) is 3.30. The van der Waals surface area contributed by atoms with Crippen molar-refractivity contribution in [3.8, 4) is 0 Å². The van der Waals surface area contributed by atoms with Crippen LogP contribution < -0.4 is 0 Å².